The van der Waals surface area contributed by atoms with Crippen LogP contribution in [0.1, 0.15) is 18.0 Å². The van der Waals surface area contributed by atoms with E-state index in [2.05, 4.69) is 34.3 Å². The topological polar surface area (TPSA) is 41.1 Å². The molecule has 0 radical (unpaired) electrons. The number of nitrogens with zero attached hydrogens (tertiary/aromatic N) is 3. The lowest BCUT2D eigenvalue weighted by Gasteiger charge is -2.20. The van der Waals surface area contributed by atoms with E-state index >= 15 is 0 Å². The first-order valence-corrected chi connectivity index (χ1v) is 7.70. The monoisotopic (exact) mass is 298 g/mol. The molecule has 0 fully saturated rings. The van der Waals surface area contributed by atoms with Crippen LogP contribution >= 0.6 is 11.3 Å². The van der Waals surface area contributed by atoms with Crippen molar-refractivity contribution in [2.75, 3.05) is 24.3 Å². The van der Waals surface area contributed by atoms with E-state index in [9.17, 15) is 0 Å². The Hall–Kier alpha value is -2.14. The van der Waals surface area contributed by atoms with Crippen molar-refractivity contribution in [3.05, 3.63) is 47.7 Å². The van der Waals surface area contributed by atoms with Gasteiger partial charge in [-0.15, -0.1) is 11.3 Å². The van der Waals surface area contributed by atoms with Gasteiger partial charge in [0.1, 0.15) is 5.01 Å². The molecule has 0 aliphatic rings. The fourth-order valence-corrected chi connectivity index (χ4v) is 3.23. The highest BCUT2D eigenvalue weighted by atomic mass is 32.1. The van der Waals surface area contributed by atoms with Gasteiger partial charge in [0.2, 0.25) is 0 Å². The van der Waals surface area contributed by atoms with Crippen LogP contribution < -0.4 is 10.2 Å². The third-order valence-electron chi connectivity index (χ3n) is 3.33. The summed E-state index contributed by atoms with van der Waals surface area (Å²) in [6, 6.07) is 10.4. The Bertz CT molecular complexity index is 718. The lowest BCUT2D eigenvalue weighted by Crippen LogP contribution is -2.14. The van der Waals surface area contributed by atoms with Crippen molar-refractivity contribution < 1.29 is 0 Å². The summed E-state index contributed by atoms with van der Waals surface area (Å²) in [6.45, 7) is 2.13. The summed E-state index contributed by atoms with van der Waals surface area (Å²) in [6.07, 6.45) is 3.67. The summed E-state index contributed by atoms with van der Waals surface area (Å²) in [5, 5.41) is 4.60. The van der Waals surface area contributed by atoms with Gasteiger partial charge in [0.25, 0.3) is 0 Å². The van der Waals surface area contributed by atoms with Gasteiger partial charge in [-0.05, 0) is 25.1 Å². The number of fused-ring (bicyclic) bond motifs is 1. The van der Waals surface area contributed by atoms with E-state index < -0.39 is 0 Å². The Balaban J connectivity index is 1.87. The highest BCUT2D eigenvalue weighted by molar-refractivity contribution is 7.18. The summed E-state index contributed by atoms with van der Waals surface area (Å²) in [7, 11) is 4.06. The summed E-state index contributed by atoms with van der Waals surface area (Å²) in [4.78, 5) is 11.0. The molecule has 1 unspecified atom stereocenters. The minimum absolute atomic E-state index is 0.144. The first kappa shape index (κ1) is 13.8. The van der Waals surface area contributed by atoms with Crippen LogP contribution in [-0.4, -0.2) is 24.1 Å². The second kappa shape index (κ2) is 5.69. The normalized spacial score (nSPS) is 12.3. The molecular weight excluding hydrogens is 280 g/mol. The molecule has 21 heavy (non-hydrogen) atoms. The van der Waals surface area contributed by atoms with Crippen LogP contribution in [0.3, 0.4) is 0 Å². The Morgan fingerprint density at radius 2 is 2.00 bits per heavy atom. The molecule has 3 aromatic rings. The number of aromatic nitrogens is 2. The van der Waals surface area contributed by atoms with E-state index in [-0.39, 0.29) is 6.04 Å². The molecular formula is C16H18N4S. The number of pyridine rings is 1. The number of thiazole rings is 1. The third-order valence-corrected chi connectivity index (χ3v) is 4.55. The Morgan fingerprint density at radius 1 is 1.19 bits per heavy atom. The maximum absolute atomic E-state index is 4.71. The van der Waals surface area contributed by atoms with Crippen molar-refractivity contribution in [3.8, 4) is 0 Å². The molecule has 0 amide bonds. The molecule has 108 valence electrons. The lowest BCUT2D eigenvalue weighted by atomic mass is 10.2. The lowest BCUT2D eigenvalue weighted by molar-refractivity contribution is 0.871. The summed E-state index contributed by atoms with van der Waals surface area (Å²) < 4.78 is 1.22. The van der Waals surface area contributed by atoms with Crippen molar-refractivity contribution in [2.24, 2.45) is 0 Å². The van der Waals surface area contributed by atoms with Crippen LogP contribution in [0.5, 0.6) is 0 Å². The summed E-state index contributed by atoms with van der Waals surface area (Å²) >= 11 is 1.73. The highest BCUT2D eigenvalue weighted by Gasteiger charge is 2.13. The van der Waals surface area contributed by atoms with Gasteiger partial charge in [0, 0.05) is 20.3 Å². The maximum atomic E-state index is 4.71. The van der Waals surface area contributed by atoms with Crippen LogP contribution in [0.2, 0.25) is 0 Å². The Morgan fingerprint density at radius 3 is 2.76 bits per heavy atom. The molecule has 3 rings (SSSR count). The molecule has 1 N–H and O–H groups in total. The standard InChI is InChI=1S/C16H18N4S/c1-11(16-19-12-6-4-5-7-15(12)21-16)18-13-10-17-9-8-14(13)20(2)3/h4-11,18H,1-3H3. The van der Waals surface area contributed by atoms with E-state index in [0.717, 1.165) is 21.9 Å². The van der Waals surface area contributed by atoms with Crippen molar-refractivity contribution in [2.45, 2.75) is 13.0 Å². The second-order valence-corrected chi connectivity index (χ2v) is 6.24. The number of rotatable bonds is 4. The Kier molecular flexibility index (Phi) is 3.75. The van der Waals surface area contributed by atoms with Gasteiger partial charge in [-0.25, -0.2) is 4.98 Å². The molecule has 2 heterocycles. The number of nitrogens with one attached hydrogen (secondary N) is 1. The third kappa shape index (κ3) is 2.83. The largest absolute Gasteiger partial charge is 0.376 e. The van der Waals surface area contributed by atoms with Gasteiger partial charge in [-0.2, -0.15) is 0 Å². The highest BCUT2D eigenvalue weighted by Crippen LogP contribution is 2.30. The average Bonchev–Trinajstić information content (AvgIpc) is 2.91. The molecule has 2 aromatic heterocycles. The predicted octanol–water partition coefficient (Wildman–Crippen LogP) is 3.93. The maximum Gasteiger partial charge on any atom is 0.116 e. The minimum atomic E-state index is 0.144. The first-order chi connectivity index (χ1) is 10.1. The number of para-hydroxylation sites is 1. The zero-order valence-corrected chi connectivity index (χ0v) is 13.2. The quantitative estimate of drug-likeness (QED) is 0.792. The molecule has 0 bridgehead atoms. The molecule has 1 atom stereocenters. The van der Waals surface area contributed by atoms with Crippen LogP contribution in [0.15, 0.2) is 42.7 Å². The van der Waals surface area contributed by atoms with E-state index in [4.69, 9.17) is 4.98 Å². The second-order valence-electron chi connectivity index (χ2n) is 5.17. The molecule has 0 saturated carbocycles. The van der Waals surface area contributed by atoms with E-state index in [1.807, 2.05) is 44.7 Å². The van der Waals surface area contributed by atoms with Gasteiger partial charge < -0.3 is 10.2 Å². The van der Waals surface area contributed by atoms with Gasteiger partial charge in [0.05, 0.1) is 33.8 Å². The molecule has 1 aromatic carbocycles. The zero-order chi connectivity index (χ0) is 14.8. The predicted molar refractivity (Wildman–Crippen MR) is 90.2 cm³/mol. The number of hydrogen-bond donors (Lipinski definition) is 1. The van der Waals surface area contributed by atoms with Gasteiger partial charge in [0.15, 0.2) is 0 Å². The van der Waals surface area contributed by atoms with Crippen molar-refractivity contribution >= 4 is 32.9 Å². The average molecular weight is 298 g/mol. The van der Waals surface area contributed by atoms with E-state index in [1.54, 1.807) is 11.3 Å². The minimum Gasteiger partial charge on any atom is -0.376 e. The van der Waals surface area contributed by atoms with Gasteiger partial charge in [-0.1, -0.05) is 12.1 Å². The number of benzene rings is 1. The zero-order valence-electron chi connectivity index (χ0n) is 12.4. The van der Waals surface area contributed by atoms with Crippen molar-refractivity contribution in [1.29, 1.82) is 0 Å². The van der Waals surface area contributed by atoms with Crippen LogP contribution in [0.25, 0.3) is 10.2 Å². The van der Waals surface area contributed by atoms with Crippen LogP contribution in [0, 0.1) is 0 Å². The van der Waals surface area contributed by atoms with Crippen LogP contribution in [0.4, 0.5) is 11.4 Å². The molecule has 0 saturated heterocycles. The number of anilines is 2. The van der Waals surface area contributed by atoms with Crippen molar-refractivity contribution in [1.82, 2.24) is 9.97 Å². The summed E-state index contributed by atoms with van der Waals surface area (Å²) in [5.74, 6) is 0. The van der Waals surface area contributed by atoms with Gasteiger partial charge >= 0.3 is 0 Å². The fraction of sp³-hybridized carbons (Fsp3) is 0.250. The fourth-order valence-electron chi connectivity index (χ4n) is 2.26. The molecule has 5 heteroatoms. The number of hydrogen-bond acceptors (Lipinski definition) is 5. The smallest absolute Gasteiger partial charge is 0.116 e. The summed E-state index contributed by atoms with van der Waals surface area (Å²) in [5.41, 5.74) is 3.21. The molecule has 4 nitrogen and oxygen atoms in total. The van der Waals surface area contributed by atoms with Gasteiger partial charge in [-0.3, -0.25) is 4.98 Å². The van der Waals surface area contributed by atoms with Crippen LogP contribution in [-0.2, 0) is 0 Å². The van der Waals surface area contributed by atoms with E-state index in [0.29, 0.717) is 0 Å². The molecule has 0 aliphatic carbocycles. The van der Waals surface area contributed by atoms with E-state index in [1.165, 1.54) is 4.70 Å². The SMILES string of the molecule is CC(Nc1cnccc1N(C)C)c1nc2ccccc2s1. The molecule has 0 aliphatic heterocycles. The first-order valence-electron chi connectivity index (χ1n) is 6.88. The Labute approximate surface area is 128 Å². The van der Waals surface area contributed by atoms with Crippen molar-refractivity contribution in [3.63, 3.8) is 0 Å². The molecule has 0 spiro atoms.